The number of hydrogen-bond donors (Lipinski definition) is 5. The Morgan fingerprint density at radius 1 is 1.00 bits per heavy atom. The molecule has 1 aliphatic heterocycles. The molecular formula is C38H43FN6O5. The number of nitrogens with one attached hydrogen (secondary N) is 3. The number of benzene rings is 4. The minimum absolute atomic E-state index is 0.0147. The Morgan fingerprint density at radius 3 is 2.38 bits per heavy atom. The average molecular weight is 683 g/mol. The maximum absolute atomic E-state index is 13.6. The van der Waals surface area contributed by atoms with E-state index in [-0.39, 0.29) is 36.9 Å². The first-order valence-electron chi connectivity index (χ1n) is 16.5. The van der Waals surface area contributed by atoms with E-state index in [0.29, 0.717) is 59.3 Å². The number of aliphatic hydroxyl groups excluding tert-OH is 1. The van der Waals surface area contributed by atoms with Gasteiger partial charge < -0.3 is 36.4 Å². The SMILES string of the molecule is C[C@H]1CN([C@@H](C)CO)C(=O)Cc2cc(NC(=O)Nc3ccc(F)cc3)ccc2O[C@H]1CN(C)Cc1ccc(C(=O)Nc2ccccc2N)cc1. The Kier molecular flexibility index (Phi) is 11.7. The smallest absolute Gasteiger partial charge is 0.323 e. The van der Waals surface area contributed by atoms with E-state index < -0.39 is 17.9 Å². The second kappa shape index (κ2) is 16.3. The molecule has 1 heterocycles. The van der Waals surface area contributed by atoms with Crippen LogP contribution in [0, 0.1) is 11.7 Å². The molecule has 50 heavy (non-hydrogen) atoms. The highest BCUT2D eigenvalue weighted by molar-refractivity contribution is 6.05. The second-order valence-electron chi connectivity index (χ2n) is 12.7. The van der Waals surface area contributed by atoms with Crippen LogP contribution < -0.4 is 26.4 Å². The number of nitrogens with two attached hydrogens (primary N) is 1. The fraction of sp³-hybridized carbons (Fsp3) is 0.289. The standard InChI is InChI=1S/C38H43FN6O5/c1-24-20-45(25(2)23-46)36(47)19-28-18-31(42-38(49)41-30-14-12-29(39)13-15-30)16-17-34(28)50-35(24)22-44(3)21-26-8-10-27(11-9-26)37(48)43-33-7-5-4-6-32(33)40/h4-18,24-25,35,46H,19-23,40H2,1-3H3,(H,43,48)(H2,41,42,49)/t24-,25-,35-/m0/s1. The van der Waals surface area contributed by atoms with Crippen molar-refractivity contribution in [3.63, 3.8) is 0 Å². The summed E-state index contributed by atoms with van der Waals surface area (Å²) in [5.74, 6) is -0.396. The van der Waals surface area contributed by atoms with Crippen molar-refractivity contribution in [2.45, 2.75) is 39.0 Å². The van der Waals surface area contributed by atoms with Crippen molar-refractivity contribution in [2.24, 2.45) is 5.92 Å². The number of rotatable bonds is 10. The third kappa shape index (κ3) is 9.36. The van der Waals surface area contributed by atoms with Crippen molar-refractivity contribution >= 4 is 40.6 Å². The number of nitrogen functional groups attached to an aromatic ring is 1. The van der Waals surface area contributed by atoms with Gasteiger partial charge in [0.25, 0.3) is 5.91 Å². The van der Waals surface area contributed by atoms with E-state index in [1.165, 1.54) is 24.3 Å². The number of halogens is 1. The zero-order valence-electron chi connectivity index (χ0n) is 28.4. The van der Waals surface area contributed by atoms with Gasteiger partial charge in [-0.1, -0.05) is 31.2 Å². The van der Waals surface area contributed by atoms with Crippen molar-refractivity contribution in [2.75, 3.05) is 48.4 Å². The number of likely N-dealkylation sites (N-methyl/N-ethyl adjacent to an activating group) is 1. The topological polar surface area (TPSA) is 149 Å². The third-order valence-corrected chi connectivity index (χ3v) is 8.65. The lowest BCUT2D eigenvalue weighted by Crippen LogP contribution is -2.47. The molecule has 1 aliphatic rings. The molecule has 5 rings (SSSR count). The molecule has 0 saturated heterocycles. The normalized spacial score (nSPS) is 16.7. The summed E-state index contributed by atoms with van der Waals surface area (Å²) in [6.45, 7) is 5.13. The van der Waals surface area contributed by atoms with E-state index in [1.807, 2.05) is 39.1 Å². The van der Waals surface area contributed by atoms with Gasteiger partial charge in [-0.05, 0) is 86.3 Å². The van der Waals surface area contributed by atoms with Crippen molar-refractivity contribution in [1.82, 2.24) is 9.80 Å². The van der Waals surface area contributed by atoms with Gasteiger partial charge in [-0.3, -0.25) is 14.5 Å². The number of amides is 4. The monoisotopic (exact) mass is 682 g/mol. The van der Waals surface area contributed by atoms with E-state index in [9.17, 15) is 23.9 Å². The highest BCUT2D eigenvalue weighted by Crippen LogP contribution is 2.30. The van der Waals surface area contributed by atoms with Crippen LogP contribution in [-0.2, 0) is 17.8 Å². The van der Waals surface area contributed by atoms with Crippen LogP contribution in [0.4, 0.5) is 31.9 Å². The summed E-state index contributed by atoms with van der Waals surface area (Å²) < 4.78 is 19.9. The predicted octanol–water partition coefficient (Wildman–Crippen LogP) is 5.59. The van der Waals surface area contributed by atoms with Crippen LogP contribution in [0.2, 0.25) is 0 Å². The van der Waals surface area contributed by atoms with Gasteiger partial charge in [0.2, 0.25) is 5.91 Å². The molecule has 262 valence electrons. The molecule has 0 aliphatic carbocycles. The van der Waals surface area contributed by atoms with Crippen LogP contribution in [-0.4, -0.2) is 71.6 Å². The fourth-order valence-electron chi connectivity index (χ4n) is 5.80. The summed E-state index contributed by atoms with van der Waals surface area (Å²) in [5.41, 5.74) is 9.99. The molecule has 4 amide bonds. The van der Waals surface area contributed by atoms with E-state index in [4.69, 9.17) is 10.5 Å². The zero-order valence-corrected chi connectivity index (χ0v) is 28.4. The summed E-state index contributed by atoms with van der Waals surface area (Å²) >= 11 is 0. The van der Waals surface area contributed by atoms with Gasteiger partial charge in [-0.2, -0.15) is 0 Å². The molecule has 0 bridgehead atoms. The molecule has 0 unspecified atom stereocenters. The highest BCUT2D eigenvalue weighted by atomic mass is 19.1. The maximum Gasteiger partial charge on any atom is 0.323 e. The van der Waals surface area contributed by atoms with Crippen LogP contribution in [0.15, 0.2) is 91.0 Å². The molecule has 0 fully saturated rings. The molecule has 0 aromatic heterocycles. The highest BCUT2D eigenvalue weighted by Gasteiger charge is 2.31. The molecule has 6 N–H and O–H groups in total. The lowest BCUT2D eigenvalue weighted by molar-refractivity contribution is -0.134. The molecule has 3 atom stereocenters. The number of carbonyl (C=O) groups is 3. The Hall–Kier alpha value is -5.46. The average Bonchev–Trinajstić information content (AvgIpc) is 3.13. The quantitative estimate of drug-likeness (QED) is 0.137. The van der Waals surface area contributed by atoms with Gasteiger partial charge in [0.05, 0.1) is 30.4 Å². The van der Waals surface area contributed by atoms with Crippen molar-refractivity contribution < 1.29 is 28.6 Å². The molecule has 0 radical (unpaired) electrons. The van der Waals surface area contributed by atoms with Gasteiger partial charge in [0.1, 0.15) is 17.7 Å². The number of ether oxygens (including phenoxy) is 1. The van der Waals surface area contributed by atoms with E-state index in [2.05, 4.69) is 20.9 Å². The van der Waals surface area contributed by atoms with Crippen molar-refractivity contribution in [3.05, 3.63) is 114 Å². The Bertz CT molecular complexity index is 1800. The van der Waals surface area contributed by atoms with Crippen LogP contribution in [0.3, 0.4) is 0 Å². The van der Waals surface area contributed by atoms with Gasteiger partial charge in [0, 0.05) is 48.1 Å². The van der Waals surface area contributed by atoms with Crippen molar-refractivity contribution in [3.8, 4) is 5.75 Å². The first-order valence-corrected chi connectivity index (χ1v) is 16.5. The molecule has 4 aromatic carbocycles. The van der Waals surface area contributed by atoms with Crippen LogP contribution >= 0.6 is 0 Å². The zero-order chi connectivity index (χ0) is 35.8. The van der Waals surface area contributed by atoms with Crippen LogP contribution in [0.25, 0.3) is 0 Å². The minimum atomic E-state index is -0.523. The second-order valence-corrected chi connectivity index (χ2v) is 12.7. The molecule has 11 nitrogen and oxygen atoms in total. The summed E-state index contributed by atoms with van der Waals surface area (Å²) in [4.78, 5) is 42.9. The van der Waals surface area contributed by atoms with E-state index in [0.717, 1.165) is 5.56 Å². The lowest BCUT2D eigenvalue weighted by atomic mass is 10.0. The molecular weight excluding hydrogens is 639 g/mol. The largest absolute Gasteiger partial charge is 0.488 e. The van der Waals surface area contributed by atoms with Crippen LogP contribution in [0.5, 0.6) is 5.75 Å². The Morgan fingerprint density at radius 2 is 1.68 bits per heavy atom. The van der Waals surface area contributed by atoms with Crippen molar-refractivity contribution in [1.29, 1.82) is 0 Å². The van der Waals surface area contributed by atoms with Crippen LogP contribution in [0.1, 0.15) is 35.3 Å². The molecule has 4 aromatic rings. The van der Waals surface area contributed by atoms with Gasteiger partial charge in [0.15, 0.2) is 0 Å². The van der Waals surface area contributed by atoms with Gasteiger partial charge in [-0.25, -0.2) is 9.18 Å². The number of carbonyl (C=O) groups excluding carboxylic acids is 3. The fourth-order valence-corrected chi connectivity index (χ4v) is 5.80. The number of aliphatic hydroxyl groups is 1. The predicted molar refractivity (Wildman–Crippen MR) is 193 cm³/mol. The van der Waals surface area contributed by atoms with E-state index >= 15 is 0 Å². The third-order valence-electron chi connectivity index (χ3n) is 8.65. The minimum Gasteiger partial charge on any atom is -0.488 e. The number of anilines is 4. The Labute approximate surface area is 291 Å². The number of nitrogens with zero attached hydrogens (tertiary/aromatic N) is 2. The van der Waals surface area contributed by atoms with E-state index in [1.54, 1.807) is 53.4 Å². The summed E-state index contributed by atoms with van der Waals surface area (Å²) in [6, 6.07) is 24.1. The first kappa shape index (κ1) is 35.8. The summed E-state index contributed by atoms with van der Waals surface area (Å²) in [5, 5.41) is 18.2. The number of hydrogen-bond acceptors (Lipinski definition) is 7. The first-order chi connectivity index (χ1) is 24.0. The molecule has 0 saturated carbocycles. The van der Waals surface area contributed by atoms with Gasteiger partial charge in [-0.15, -0.1) is 0 Å². The summed E-state index contributed by atoms with van der Waals surface area (Å²) in [6.07, 6.45) is -0.319. The number of para-hydroxylation sites is 2. The molecule has 0 spiro atoms. The maximum atomic E-state index is 13.6. The number of fused-ring (bicyclic) bond motifs is 1. The Balaban J connectivity index is 1.29. The summed E-state index contributed by atoms with van der Waals surface area (Å²) in [7, 11) is 1.98. The lowest BCUT2D eigenvalue weighted by Gasteiger charge is -2.34. The van der Waals surface area contributed by atoms with Gasteiger partial charge >= 0.3 is 6.03 Å². The molecule has 12 heteroatoms. The number of urea groups is 1.